The Bertz CT molecular complexity index is 853. The van der Waals surface area contributed by atoms with Crippen molar-refractivity contribution in [2.75, 3.05) is 26.9 Å². The average molecular weight is 484 g/mol. The van der Waals surface area contributed by atoms with Crippen molar-refractivity contribution in [2.45, 2.75) is 57.0 Å². The zero-order chi connectivity index (χ0) is 24.2. The van der Waals surface area contributed by atoms with Gasteiger partial charge in [-0.1, -0.05) is 6.08 Å². The summed E-state index contributed by atoms with van der Waals surface area (Å²) in [7, 11) is 2.82. The fourth-order valence-corrected chi connectivity index (χ4v) is 4.69. The Hall–Kier alpha value is -1.46. The second kappa shape index (κ2) is 10.9. The van der Waals surface area contributed by atoms with Crippen LogP contribution in [0.15, 0.2) is 24.0 Å². The fourth-order valence-electron chi connectivity index (χ4n) is 3.72. The van der Waals surface area contributed by atoms with Gasteiger partial charge in [0, 0.05) is 18.0 Å². The van der Waals surface area contributed by atoms with Crippen molar-refractivity contribution in [1.29, 1.82) is 0 Å². The Morgan fingerprint density at radius 1 is 1.33 bits per heavy atom. The number of fused-ring (bicyclic) bond motifs is 1. The van der Waals surface area contributed by atoms with Gasteiger partial charge in [-0.15, -0.1) is 0 Å². The van der Waals surface area contributed by atoms with Crippen molar-refractivity contribution in [3.05, 3.63) is 24.0 Å². The molecule has 3 aliphatic heterocycles. The van der Waals surface area contributed by atoms with Gasteiger partial charge in [-0.2, -0.15) is 0 Å². The van der Waals surface area contributed by atoms with Crippen LogP contribution in [-0.4, -0.2) is 88.9 Å². The quantitative estimate of drug-likeness (QED) is 0.223. The van der Waals surface area contributed by atoms with Crippen LogP contribution in [0.2, 0.25) is 0 Å². The first-order chi connectivity index (χ1) is 15.5. The van der Waals surface area contributed by atoms with E-state index in [0.29, 0.717) is 30.6 Å². The zero-order valence-electron chi connectivity index (χ0n) is 19.4. The van der Waals surface area contributed by atoms with Gasteiger partial charge >= 0.3 is 119 Å². The summed E-state index contributed by atoms with van der Waals surface area (Å²) >= 11 is 0. The number of ether oxygens (including phenoxy) is 4. The molecule has 3 aliphatic rings. The monoisotopic (exact) mass is 484 g/mol. The molecule has 0 saturated carbocycles. The van der Waals surface area contributed by atoms with Crippen LogP contribution in [0.4, 0.5) is 0 Å². The number of phosphoric ester groups is 1. The summed E-state index contributed by atoms with van der Waals surface area (Å²) in [6, 6.07) is 0. The molecule has 2 saturated heterocycles. The van der Waals surface area contributed by atoms with Crippen molar-refractivity contribution in [3.8, 4) is 0 Å². The SMILES string of the molecule is B=C(B)OCCCOP(=O)(OC)OCC1OC(N2C=CCC(C(N)=O)=C2)C2OC(C)(C)OC12. The van der Waals surface area contributed by atoms with Crippen LogP contribution < -0.4 is 5.73 Å². The maximum absolute atomic E-state index is 12.8. The fraction of sp³-hybridized carbons (Fsp3) is 0.684. The maximum atomic E-state index is 12.8. The van der Waals surface area contributed by atoms with E-state index in [2.05, 4.69) is 7.49 Å². The van der Waals surface area contributed by atoms with Crippen molar-refractivity contribution in [1.82, 2.24) is 4.90 Å². The molecule has 3 rings (SSSR count). The van der Waals surface area contributed by atoms with Crippen LogP contribution in [0.25, 0.3) is 0 Å². The molecule has 182 valence electrons. The van der Waals surface area contributed by atoms with Crippen molar-refractivity contribution in [2.24, 2.45) is 5.73 Å². The van der Waals surface area contributed by atoms with Crippen LogP contribution in [-0.2, 0) is 41.9 Å². The van der Waals surface area contributed by atoms with Crippen LogP contribution in [0.3, 0.4) is 0 Å². The van der Waals surface area contributed by atoms with E-state index in [1.165, 1.54) is 7.11 Å². The van der Waals surface area contributed by atoms with E-state index in [9.17, 15) is 9.36 Å². The molecule has 0 aliphatic carbocycles. The molecule has 14 heteroatoms. The van der Waals surface area contributed by atoms with Gasteiger partial charge < -0.3 is 15.4 Å². The van der Waals surface area contributed by atoms with Crippen molar-refractivity contribution in [3.63, 3.8) is 0 Å². The van der Waals surface area contributed by atoms with E-state index >= 15 is 0 Å². The van der Waals surface area contributed by atoms with Gasteiger partial charge in [-0.05, 0) is 20.3 Å². The number of hydrogen-bond acceptors (Lipinski definition) is 10. The van der Waals surface area contributed by atoms with E-state index in [1.54, 1.807) is 39.0 Å². The van der Waals surface area contributed by atoms with Gasteiger partial charge in [0.2, 0.25) is 5.91 Å². The number of allylic oxidation sites excluding steroid dienone is 1. The van der Waals surface area contributed by atoms with E-state index < -0.39 is 44.1 Å². The molecular weight excluding hydrogens is 453 g/mol. The second-order valence-electron chi connectivity index (χ2n) is 8.35. The predicted molar refractivity (Wildman–Crippen MR) is 123 cm³/mol. The summed E-state index contributed by atoms with van der Waals surface area (Å²) < 4.78 is 52.2. The van der Waals surface area contributed by atoms with Gasteiger partial charge in [0.15, 0.2) is 5.79 Å². The summed E-state index contributed by atoms with van der Waals surface area (Å²) in [5.41, 5.74) is 6.47. The second-order valence-corrected chi connectivity index (χ2v) is 10.1. The van der Waals surface area contributed by atoms with Gasteiger partial charge in [0.05, 0.1) is 0 Å². The minimum absolute atomic E-state index is 0.116. The van der Waals surface area contributed by atoms with E-state index in [4.69, 9.17) is 38.3 Å². The number of amides is 1. The zero-order valence-corrected chi connectivity index (χ0v) is 20.3. The molecule has 0 aromatic carbocycles. The molecule has 0 aromatic heterocycles. The molecule has 2 fully saturated rings. The number of hydrogen-bond donors (Lipinski definition) is 1. The number of carbonyl (C=O) groups excluding carboxylic acids is 1. The summed E-state index contributed by atoms with van der Waals surface area (Å²) in [5.74, 6) is -1.36. The molecule has 11 nitrogen and oxygen atoms in total. The molecule has 5 unspecified atom stereocenters. The first-order valence-corrected chi connectivity index (χ1v) is 12.2. The summed E-state index contributed by atoms with van der Waals surface area (Å²) in [5, 5.41) is 0. The molecule has 3 heterocycles. The molecule has 5 atom stereocenters. The summed E-state index contributed by atoms with van der Waals surface area (Å²) in [6.07, 6.45) is 3.96. The Morgan fingerprint density at radius 2 is 2.06 bits per heavy atom. The van der Waals surface area contributed by atoms with Gasteiger partial charge in [-0.25, -0.2) is 0 Å². The molecule has 0 aromatic rings. The van der Waals surface area contributed by atoms with Crippen LogP contribution in [0.1, 0.15) is 26.7 Å². The molecular formula is C19H31B2N2O9P. The first-order valence-electron chi connectivity index (χ1n) is 10.7. The van der Waals surface area contributed by atoms with E-state index in [-0.39, 0.29) is 13.2 Å². The predicted octanol–water partition coefficient (Wildman–Crippen LogP) is -0.364. The van der Waals surface area contributed by atoms with Crippen molar-refractivity contribution < 1.29 is 41.9 Å². The number of phosphoric acid groups is 1. The van der Waals surface area contributed by atoms with Gasteiger partial charge in [0.1, 0.15) is 0 Å². The molecule has 33 heavy (non-hydrogen) atoms. The number of rotatable bonds is 12. The number of carbonyl (C=O) groups is 1. The number of nitrogens with zero attached hydrogens (tertiary/aromatic N) is 1. The van der Waals surface area contributed by atoms with E-state index in [0.717, 1.165) is 0 Å². The van der Waals surface area contributed by atoms with Crippen LogP contribution in [0, 0.1) is 0 Å². The van der Waals surface area contributed by atoms with E-state index in [1.807, 2.05) is 6.08 Å². The number of primary amides is 1. The Kier molecular flexibility index (Phi) is 8.60. The molecule has 0 radical (unpaired) electrons. The van der Waals surface area contributed by atoms with Crippen LogP contribution >= 0.6 is 7.82 Å². The third-order valence-corrected chi connectivity index (χ3v) is 6.57. The van der Waals surface area contributed by atoms with Crippen LogP contribution in [0.5, 0.6) is 0 Å². The van der Waals surface area contributed by atoms with Gasteiger partial charge in [0.25, 0.3) is 0 Å². The van der Waals surface area contributed by atoms with Gasteiger partial charge in [-0.3, -0.25) is 4.79 Å². The Balaban J connectivity index is 1.63. The number of nitrogens with two attached hydrogens (primary N) is 1. The summed E-state index contributed by atoms with van der Waals surface area (Å²) in [6.45, 7) is 3.97. The minimum atomic E-state index is -3.82. The molecule has 1 amide bonds. The normalized spacial score (nSPS) is 29.9. The third kappa shape index (κ3) is 6.79. The standard InChI is InChI=1S/C19H31B2N2O9P/c1-19(2)31-14-13(11-29-33(25,26-3)28-9-5-8-27-18(20)21)30-17(15(14)32-19)23-7-4-6-12(10-23)16(22)24/h4,7,10,13-15,17,20H,5-6,8-9,11,21H2,1-3H3,(H2,22,24). The molecule has 0 bridgehead atoms. The molecule has 0 spiro atoms. The topological polar surface area (TPSA) is 128 Å². The Labute approximate surface area is 195 Å². The first kappa shape index (κ1) is 26.1. The third-order valence-electron chi connectivity index (χ3n) is 5.16. The van der Waals surface area contributed by atoms with Crippen molar-refractivity contribution >= 4 is 34.6 Å². The summed E-state index contributed by atoms with van der Waals surface area (Å²) in [4.78, 5) is 13.3. The molecule has 2 N–H and O–H groups in total. The Morgan fingerprint density at radius 3 is 2.73 bits per heavy atom. The average Bonchev–Trinajstić information content (AvgIpc) is 3.24.